The van der Waals surface area contributed by atoms with Gasteiger partial charge in [-0.3, -0.25) is 24.3 Å². The van der Waals surface area contributed by atoms with Gasteiger partial charge in [0.1, 0.15) is 22.6 Å². The number of nitrogens with zero attached hydrogens (tertiary/aromatic N) is 2. The van der Waals surface area contributed by atoms with Crippen LogP contribution < -0.4 is 5.73 Å². The molecule has 0 fully saturated rings. The van der Waals surface area contributed by atoms with Crippen molar-refractivity contribution in [1.29, 1.82) is 0 Å². The van der Waals surface area contributed by atoms with E-state index < -0.39 is 64.0 Å². The molecule has 0 spiro atoms. The molecule has 210 valence electrons. The smallest absolute Gasteiger partial charge is 0.255 e. The van der Waals surface area contributed by atoms with Crippen molar-refractivity contribution in [1.82, 2.24) is 9.88 Å². The molecular formula is C31H29N3O7. The molecule has 0 bridgehead atoms. The van der Waals surface area contributed by atoms with E-state index in [9.17, 15) is 34.8 Å². The molecule has 10 nitrogen and oxygen atoms in total. The SMILES string of the molecule is Cc1ccc([C@H]2c3cc4cccnc4c(O)c3C(=O)C3=C(O)[C@]4(O)C(=O)C(C(N)=O)=C(O)[C@@H](N(C)C)[C@@H]4C[C@@H]32)cc1. The van der Waals surface area contributed by atoms with Crippen molar-refractivity contribution >= 4 is 28.4 Å². The van der Waals surface area contributed by atoms with Crippen LogP contribution in [0, 0.1) is 18.8 Å². The summed E-state index contributed by atoms with van der Waals surface area (Å²) in [7, 11) is 3.20. The number of likely N-dealkylation sites (N-methyl/N-ethyl adjacent to an activating group) is 1. The molecule has 10 heteroatoms. The second-order valence-corrected chi connectivity index (χ2v) is 11.3. The Balaban J connectivity index is 1.69. The Morgan fingerprint density at radius 1 is 1.10 bits per heavy atom. The Hall–Kier alpha value is -4.54. The summed E-state index contributed by atoms with van der Waals surface area (Å²) >= 11 is 0. The van der Waals surface area contributed by atoms with Gasteiger partial charge in [0.05, 0.1) is 11.6 Å². The van der Waals surface area contributed by atoms with Crippen LogP contribution >= 0.6 is 0 Å². The number of nitrogens with two attached hydrogens (primary N) is 1. The van der Waals surface area contributed by atoms with Crippen molar-refractivity contribution in [3.8, 4) is 5.75 Å². The number of aliphatic hydroxyl groups excluding tert-OH is 2. The molecule has 3 aliphatic rings. The van der Waals surface area contributed by atoms with Crippen LogP contribution in [0.25, 0.3) is 10.9 Å². The van der Waals surface area contributed by atoms with Gasteiger partial charge < -0.3 is 26.2 Å². The van der Waals surface area contributed by atoms with Crippen molar-refractivity contribution in [3.63, 3.8) is 0 Å². The number of pyridine rings is 1. The first-order chi connectivity index (χ1) is 19.4. The summed E-state index contributed by atoms with van der Waals surface area (Å²) in [6.45, 7) is 1.94. The van der Waals surface area contributed by atoms with Gasteiger partial charge in [-0.1, -0.05) is 35.9 Å². The van der Waals surface area contributed by atoms with Gasteiger partial charge in [0.15, 0.2) is 17.1 Å². The zero-order chi connectivity index (χ0) is 29.5. The number of hydrogen-bond donors (Lipinski definition) is 5. The van der Waals surface area contributed by atoms with Gasteiger partial charge in [0.2, 0.25) is 5.78 Å². The van der Waals surface area contributed by atoms with E-state index in [2.05, 4.69) is 4.98 Å². The van der Waals surface area contributed by atoms with Gasteiger partial charge in [-0.2, -0.15) is 0 Å². The number of aryl methyl sites for hydroxylation is 1. The quantitative estimate of drug-likeness (QED) is 0.304. The second-order valence-electron chi connectivity index (χ2n) is 11.3. The van der Waals surface area contributed by atoms with E-state index in [-0.39, 0.29) is 28.8 Å². The van der Waals surface area contributed by atoms with Crippen LogP contribution in [-0.2, 0) is 9.59 Å². The third kappa shape index (κ3) is 3.50. The van der Waals surface area contributed by atoms with Crippen LogP contribution in [0.5, 0.6) is 5.75 Å². The molecule has 1 aromatic heterocycles. The monoisotopic (exact) mass is 555 g/mol. The predicted octanol–water partition coefficient (Wildman–Crippen LogP) is 2.57. The third-order valence-electron chi connectivity index (χ3n) is 8.87. The largest absolute Gasteiger partial charge is 0.510 e. The maximum atomic E-state index is 14.2. The normalized spacial score (nSPS) is 27.6. The number of carbonyl (C=O) groups is 3. The van der Waals surface area contributed by atoms with Crippen LogP contribution in [0.3, 0.4) is 0 Å². The van der Waals surface area contributed by atoms with Gasteiger partial charge >= 0.3 is 0 Å². The molecule has 6 rings (SSSR count). The lowest BCUT2D eigenvalue weighted by atomic mass is 9.55. The number of allylic oxidation sites excluding steroid dienone is 1. The van der Waals surface area contributed by atoms with Crippen molar-refractivity contribution in [3.05, 3.63) is 93.6 Å². The van der Waals surface area contributed by atoms with E-state index in [1.807, 2.05) is 31.2 Å². The number of amides is 1. The van der Waals surface area contributed by atoms with Gasteiger partial charge in [-0.25, -0.2) is 0 Å². The fourth-order valence-corrected chi connectivity index (χ4v) is 7.07. The molecule has 1 heterocycles. The number of aromatic hydroxyl groups is 1. The zero-order valence-corrected chi connectivity index (χ0v) is 22.6. The lowest BCUT2D eigenvalue weighted by Crippen LogP contribution is -2.64. The number of benzene rings is 2. The Kier molecular flexibility index (Phi) is 5.84. The molecule has 3 aromatic rings. The van der Waals surface area contributed by atoms with E-state index in [0.29, 0.717) is 10.9 Å². The summed E-state index contributed by atoms with van der Waals surface area (Å²) in [6.07, 6.45) is 1.47. The van der Waals surface area contributed by atoms with Crippen LogP contribution in [-0.4, -0.2) is 73.5 Å². The summed E-state index contributed by atoms with van der Waals surface area (Å²) in [5.41, 5.74) is 4.07. The molecule has 2 aromatic carbocycles. The molecule has 0 saturated heterocycles. The minimum absolute atomic E-state index is 0.0177. The molecule has 0 radical (unpaired) electrons. The summed E-state index contributed by atoms with van der Waals surface area (Å²) in [5.74, 6) is -7.64. The number of primary amides is 1. The fourth-order valence-electron chi connectivity index (χ4n) is 7.07. The fraction of sp³-hybridized carbons (Fsp3) is 0.290. The molecule has 0 aliphatic heterocycles. The highest BCUT2D eigenvalue weighted by Crippen LogP contribution is 2.57. The Labute approximate surface area is 235 Å². The van der Waals surface area contributed by atoms with Crippen molar-refractivity contribution in [2.75, 3.05) is 14.1 Å². The molecule has 0 unspecified atom stereocenters. The lowest BCUT2D eigenvalue weighted by molar-refractivity contribution is -0.148. The van der Waals surface area contributed by atoms with Crippen molar-refractivity contribution in [2.45, 2.75) is 30.9 Å². The summed E-state index contributed by atoms with van der Waals surface area (Å²) in [4.78, 5) is 45.8. The van der Waals surface area contributed by atoms with Gasteiger partial charge in [-0.15, -0.1) is 0 Å². The molecule has 3 aliphatic carbocycles. The highest BCUT2D eigenvalue weighted by Gasteiger charge is 2.64. The summed E-state index contributed by atoms with van der Waals surface area (Å²) < 4.78 is 0. The highest BCUT2D eigenvalue weighted by atomic mass is 16.3. The first-order valence-corrected chi connectivity index (χ1v) is 13.2. The molecular weight excluding hydrogens is 526 g/mol. The van der Waals surface area contributed by atoms with Gasteiger partial charge in [-0.05, 0) is 50.7 Å². The summed E-state index contributed by atoms with van der Waals surface area (Å²) in [5, 5.41) is 46.7. The minimum Gasteiger partial charge on any atom is -0.510 e. The van der Waals surface area contributed by atoms with Crippen LogP contribution in [0.4, 0.5) is 0 Å². The Bertz CT molecular complexity index is 1740. The van der Waals surface area contributed by atoms with E-state index in [1.165, 1.54) is 11.1 Å². The van der Waals surface area contributed by atoms with Crippen molar-refractivity contribution < 1.29 is 34.8 Å². The average molecular weight is 556 g/mol. The first-order valence-electron chi connectivity index (χ1n) is 13.2. The number of fused-ring (bicyclic) bond motifs is 4. The predicted molar refractivity (Wildman–Crippen MR) is 148 cm³/mol. The van der Waals surface area contributed by atoms with E-state index in [4.69, 9.17) is 5.73 Å². The Morgan fingerprint density at radius 2 is 1.78 bits per heavy atom. The maximum Gasteiger partial charge on any atom is 0.255 e. The second kappa shape index (κ2) is 8.98. The average Bonchev–Trinajstić information content (AvgIpc) is 2.91. The Morgan fingerprint density at radius 3 is 2.41 bits per heavy atom. The molecule has 1 amide bonds. The van der Waals surface area contributed by atoms with E-state index in [1.54, 1.807) is 32.3 Å². The van der Waals surface area contributed by atoms with Crippen molar-refractivity contribution in [2.24, 2.45) is 17.6 Å². The third-order valence-corrected chi connectivity index (χ3v) is 8.87. The van der Waals surface area contributed by atoms with E-state index >= 15 is 0 Å². The number of ketones is 2. The highest BCUT2D eigenvalue weighted by molar-refractivity contribution is 6.25. The topological polar surface area (TPSA) is 174 Å². The standard InChI is InChI=1S/C31H29N3O7/c1-13-6-8-14(9-7-13)19-16-11-15-5-4-10-33-23(15)26(36)20(16)25(35)21-17(19)12-18-24(34(2)3)27(37)22(30(32)40)29(39)31(18,41)28(21)38/h4-11,17-19,24,36-38,41H,12H2,1-3H3,(H2,32,40)/t17-,18+,19+,24+,31+/m1/s1. The van der Waals surface area contributed by atoms with E-state index in [0.717, 1.165) is 11.1 Å². The molecule has 41 heavy (non-hydrogen) atoms. The minimum atomic E-state index is -2.72. The number of aliphatic hydroxyl groups is 3. The number of carbonyl (C=O) groups excluding carboxylic acids is 3. The zero-order valence-electron chi connectivity index (χ0n) is 22.6. The lowest BCUT2D eigenvalue weighted by Gasteiger charge is -2.51. The van der Waals surface area contributed by atoms with Crippen LogP contribution in [0.1, 0.15) is 39.4 Å². The number of rotatable bonds is 3. The van der Waals surface area contributed by atoms with Crippen LogP contribution in [0.2, 0.25) is 0 Å². The molecule has 6 N–H and O–H groups in total. The number of aromatic nitrogens is 1. The first kappa shape index (κ1) is 26.7. The van der Waals surface area contributed by atoms with Gasteiger partial charge in [0.25, 0.3) is 5.91 Å². The number of phenolic OH excluding ortho intramolecular Hbond substituents is 1. The summed E-state index contributed by atoms with van der Waals surface area (Å²) in [6, 6.07) is 11.8. The number of phenols is 1. The molecule has 5 atom stereocenters. The number of hydrogen-bond acceptors (Lipinski definition) is 9. The number of Topliss-reactive ketones (excluding diaryl/α,β-unsaturated/α-hetero) is 2. The maximum absolute atomic E-state index is 14.2. The van der Waals surface area contributed by atoms with Crippen LogP contribution in [0.15, 0.2) is 71.3 Å². The van der Waals surface area contributed by atoms with Gasteiger partial charge in [0, 0.05) is 34.9 Å². The molecule has 0 saturated carbocycles.